The van der Waals surface area contributed by atoms with Crippen molar-refractivity contribution in [3.8, 4) is 11.5 Å². The van der Waals surface area contributed by atoms with Crippen LogP contribution in [0.3, 0.4) is 0 Å². The van der Waals surface area contributed by atoms with Crippen LogP contribution in [0.4, 0.5) is 4.79 Å². The smallest absolute Gasteiger partial charge is 0.336 e. The number of hydrogen-bond acceptors (Lipinski definition) is 6. The van der Waals surface area contributed by atoms with Crippen molar-refractivity contribution in [2.45, 2.75) is 11.8 Å². The fraction of sp³-hybridized carbons (Fsp3) is 0.250. The standard InChI is InChI=1S/C20H20ClN5O3S/c21-15-6-8-17(9-7-15)29-14-18-23-24-20-26(18)25(11-13-30-20)19(27)22-10-12-28-16-4-2-1-3-5-16/h1-9H,10-14H2,(H,22,27). The molecule has 1 aliphatic rings. The summed E-state index contributed by atoms with van der Waals surface area (Å²) in [5, 5.41) is 14.1. The molecule has 0 bridgehead atoms. The van der Waals surface area contributed by atoms with Gasteiger partial charge in [-0.05, 0) is 36.4 Å². The minimum atomic E-state index is -0.235. The highest BCUT2D eigenvalue weighted by Crippen LogP contribution is 2.23. The SMILES string of the molecule is O=C(NCCOc1ccccc1)N1CCSc2nnc(COc3ccc(Cl)cc3)n21. The second-order valence-corrected chi connectivity index (χ2v) is 7.82. The minimum absolute atomic E-state index is 0.177. The van der Waals surface area contributed by atoms with Crippen molar-refractivity contribution in [3.05, 3.63) is 65.4 Å². The number of carbonyl (C=O) groups is 1. The molecule has 0 saturated heterocycles. The first-order valence-electron chi connectivity index (χ1n) is 9.39. The number of amides is 2. The van der Waals surface area contributed by atoms with Gasteiger partial charge >= 0.3 is 6.03 Å². The molecule has 0 fully saturated rings. The predicted octanol–water partition coefficient (Wildman–Crippen LogP) is 3.34. The van der Waals surface area contributed by atoms with E-state index in [1.54, 1.807) is 45.7 Å². The number of hydrogen-bond donors (Lipinski definition) is 1. The van der Waals surface area contributed by atoms with E-state index in [1.165, 1.54) is 0 Å². The molecule has 1 N–H and O–H groups in total. The predicted molar refractivity (Wildman–Crippen MR) is 115 cm³/mol. The van der Waals surface area contributed by atoms with E-state index in [-0.39, 0.29) is 12.6 Å². The summed E-state index contributed by atoms with van der Waals surface area (Å²) in [6.07, 6.45) is 0. The first-order valence-corrected chi connectivity index (χ1v) is 10.8. The molecule has 0 aliphatic carbocycles. The monoisotopic (exact) mass is 445 g/mol. The number of urea groups is 1. The number of thioether (sulfide) groups is 1. The van der Waals surface area contributed by atoms with Gasteiger partial charge in [0.05, 0.1) is 13.1 Å². The van der Waals surface area contributed by atoms with Crippen LogP contribution in [0.15, 0.2) is 59.8 Å². The van der Waals surface area contributed by atoms with E-state index in [9.17, 15) is 4.79 Å². The van der Waals surface area contributed by atoms with Gasteiger partial charge in [0.1, 0.15) is 24.7 Å². The first kappa shape index (κ1) is 20.4. The maximum Gasteiger partial charge on any atom is 0.336 e. The zero-order valence-electron chi connectivity index (χ0n) is 16.0. The lowest BCUT2D eigenvalue weighted by Crippen LogP contribution is -2.51. The van der Waals surface area contributed by atoms with Crippen molar-refractivity contribution in [3.63, 3.8) is 0 Å². The third kappa shape index (κ3) is 4.98. The van der Waals surface area contributed by atoms with Crippen LogP contribution in [0.2, 0.25) is 5.02 Å². The van der Waals surface area contributed by atoms with Gasteiger partial charge in [-0.3, -0.25) is 0 Å². The molecule has 0 unspecified atom stereocenters. The largest absolute Gasteiger partial charge is 0.492 e. The van der Waals surface area contributed by atoms with Gasteiger partial charge < -0.3 is 14.8 Å². The van der Waals surface area contributed by atoms with Gasteiger partial charge in [-0.25, -0.2) is 14.5 Å². The Kier molecular flexibility index (Phi) is 6.60. The normalized spacial score (nSPS) is 12.9. The van der Waals surface area contributed by atoms with E-state index in [0.29, 0.717) is 41.4 Å². The summed E-state index contributed by atoms with van der Waals surface area (Å²) in [5.74, 6) is 2.71. The Bertz CT molecular complexity index is 984. The zero-order valence-corrected chi connectivity index (χ0v) is 17.6. The molecule has 156 valence electrons. The second-order valence-electron chi connectivity index (χ2n) is 6.32. The fourth-order valence-electron chi connectivity index (χ4n) is 2.85. The molecule has 2 aromatic carbocycles. The van der Waals surface area contributed by atoms with Crippen molar-refractivity contribution in [2.24, 2.45) is 0 Å². The maximum absolute atomic E-state index is 12.8. The van der Waals surface area contributed by atoms with Gasteiger partial charge in [0, 0.05) is 10.8 Å². The van der Waals surface area contributed by atoms with Crippen LogP contribution >= 0.6 is 23.4 Å². The Labute approximate surface area is 183 Å². The molecule has 0 radical (unpaired) electrons. The number of fused-ring (bicyclic) bond motifs is 1. The highest BCUT2D eigenvalue weighted by molar-refractivity contribution is 7.99. The van der Waals surface area contributed by atoms with E-state index in [1.807, 2.05) is 30.3 Å². The number of para-hydroxylation sites is 1. The Morgan fingerprint density at radius 3 is 2.63 bits per heavy atom. The number of halogens is 1. The molecular weight excluding hydrogens is 426 g/mol. The van der Waals surface area contributed by atoms with Crippen LogP contribution in [0, 0.1) is 0 Å². The van der Waals surface area contributed by atoms with Crippen molar-refractivity contribution >= 4 is 29.4 Å². The molecule has 2 amide bonds. The van der Waals surface area contributed by atoms with E-state index in [0.717, 1.165) is 11.5 Å². The molecule has 0 saturated carbocycles. The van der Waals surface area contributed by atoms with Crippen molar-refractivity contribution < 1.29 is 14.3 Å². The summed E-state index contributed by atoms with van der Waals surface area (Å²) >= 11 is 7.45. The molecule has 30 heavy (non-hydrogen) atoms. The van der Waals surface area contributed by atoms with Crippen molar-refractivity contribution in [1.29, 1.82) is 0 Å². The van der Waals surface area contributed by atoms with Gasteiger partial charge in [0.15, 0.2) is 5.82 Å². The summed E-state index contributed by atoms with van der Waals surface area (Å²) in [4.78, 5) is 12.8. The van der Waals surface area contributed by atoms with Crippen LogP contribution in [0.25, 0.3) is 0 Å². The number of carbonyl (C=O) groups excluding carboxylic acids is 1. The average Bonchev–Trinajstić information content (AvgIpc) is 3.20. The summed E-state index contributed by atoms with van der Waals surface area (Å²) in [5.41, 5.74) is 0. The van der Waals surface area contributed by atoms with Crippen molar-refractivity contribution in [1.82, 2.24) is 20.2 Å². The lowest BCUT2D eigenvalue weighted by Gasteiger charge is -2.29. The topological polar surface area (TPSA) is 81.5 Å². The highest BCUT2D eigenvalue weighted by Gasteiger charge is 2.27. The first-order chi connectivity index (χ1) is 14.7. The second kappa shape index (κ2) is 9.73. The Morgan fingerprint density at radius 2 is 1.83 bits per heavy atom. The fourth-order valence-corrected chi connectivity index (χ4v) is 3.85. The van der Waals surface area contributed by atoms with Gasteiger partial charge in [-0.15, -0.1) is 10.2 Å². The molecule has 8 nitrogen and oxygen atoms in total. The quantitative estimate of drug-likeness (QED) is 0.562. The number of nitrogens with zero attached hydrogens (tertiary/aromatic N) is 4. The molecule has 0 atom stereocenters. The van der Waals surface area contributed by atoms with Crippen LogP contribution in [0.5, 0.6) is 11.5 Å². The van der Waals surface area contributed by atoms with Gasteiger partial charge in [-0.2, -0.15) is 0 Å². The summed E-state index contributed by atoms with van der Waals surface area (Å²) in [6, 6.07) is 16.3. The number of rotatable bonds is 7. The van der Waals surface area contributed by atoms with E-state index in [2.05, 4.69) is 15.5 Å². The van der Waals surface area contributed by atoms with Crippen LogP contribution in [-0.4, -0.2) is 46.4 Å². The highest BCUT2D eigenvalue weighted by atomic mass is 35.5. The molecule has 10 heteroatoms. The molecule has 1 aliphatic heterocycles. The number of benzene rings is 2. The Hall–Kier alpha value is -2.91. The molecule has 0 spiro atoms. The molecule has 2 heterocycles. The Morgan fingerprint density at radius 1 is 1.07 bits per heavy atom. The average molecular weight is 446 g/mol. The molecule has 3 aromatic rings. The van der Waals surface area contributed by atoms with E-state index >= 15 is 0 Å². The summed E-state index contributed by atoms with van der Waals surface area (Å²) in [6.45, 7) is 1.47. The van der Waals surface area contributed by atoms with Crippen LogP contribution < -0.4 is 19.8 Å². The van der Waals surface area contributed by atoms with Crippen molar-refractivity contribution in [2.75, 3.05) is 30.5 Å². The molecular formula is C20H20ClN5O3S. The lowest BCUT2D eigenvalue weighted by atomic mass is 10.3. The van der Waals surface area contributed by atoms with Gasteiger partial charge in [0.2, 0.25) is 5.16 Å². The third-order valence-electron chi connectivity index (χ3n) is 4.26. The third-order valence-corrected chi connectivity index (χ3v) is 5.41. The van der Waals surface area contributed by atoms with Crippen LogP contribution in [0.1, 0.15) is 5.82 Å². The number of aromatic nitrogens is 3. The zero-order chi connectivity index (χ0) is 20.8. The summed E-state index contributed by atoms with van der Waals surface area (Å²) < 4.78 is 13.1. The summed E-state index contributed by atoms with van der Waals surface area (Å²) in [7, 11) is 0. The molecule has 1 aromatic heterocycles. The van der Waals surface area contributed by atoms with Crippen LogP contribution in [-0.2, 0) is 6.61 Å². The Balaban J connectivity index is 1.35. The number of ether oxygens (including phenoxy) is 2. The number of nitrogens with one attached hydrogen (secondary N) is 1. The van der Waals surface area contributed by atoms with E-state index < -0.39 is 0 Å². The molecule has 4 rings (SSSR count). The minimum Gasteiger partial charge on any atom is -0.492 e. The maximum atomic E-state index is 12.8. The van der Waals surface area contributed by atoms with Gasteiger partial charge in [-0.1, -0.05) is 41.6 Å². The lowest BCUT2D eigenvalue weighted by molar-refractivity contribution is 0.233. The van der Waals surface area contributed by atoms with Gasteiger partial charge in [0.25, 0.3) is 0 Å². The van der Waals surface area contributed by atoms with E-state index in [4.69, 9.17) is 21.1 Å².